The molecule has 2 rings (SSSR count). The molecule has 0 radical (unpaired) electrons. The number of fused-ring (bicyclic) bond motifs is 1. The van der Waals surface area contributed by atoms with Gasteiger partial charge < -0.3 is 9.40 Å². The molecular weight excluding hydrogens is 330 g/mol. The van der Waals surface area contributed by atoms with Gasteiger partial charge in [-0.3, -0.25) is 13.9 Å². The van der Waals surface area contributed by atoms with Crippen LogP contribution in [0.4, 0.5) is 0 Å². The van der Waals surface area contributed by atoms with Crippen molar-refractivity contribution in [3.05, 3.63) is 27.2 Å². The van der Waals surface area contributed by atoms with Crippen LogP contribution in [0.5, 0.6) is 0 Å². The van der Waals surface area contributed by atoms with Gasteiger partial charge in [-0.1, -0.05) is 0 Å². The summed E-state index contributed by atoms with van der Waals surface area (Å²) < 4.78 is 4.29. The molecule has 2 aromatic heterocycles. The summed E-state index contributed by atoms with van der Waals surface area (Å²) in [5, 5.41) is 0. The lowest BCUT2D eigenvalue weighted by atomic mass is 10.3. The zero-order chi connectivity index (χ0) is 14.0. The number of rotatable bonds is 5. The average molecular weight is 348 g/mol. The summed E-state index contributed by atoms with van der Waals surface area (Å²) in [4.78, 5) is 32.4. The highest BCUT2D eigenvalue weighted by Crippen LogP contribution is 2.07. The molecule has 0 saturated carbocycles. The zero-order valence-corrected chi connectivity index (χ0v) is 13.1. The summed E-state index contributed by atoms with van der Waals surface area (Å²) in [6.07, 6.45) is 3.20. The first-order valence-corrected chi connectivity index (χ1v) is 6.00. The van der Waals surface area contributed by atoms with Gasteiger partial charge in [-0.2, -0.15) is 0 Å². The summed E-state index contributed by atoms with van der Waals surface area (Å²) in [7, 11) is 3.08. The Kier molecular flexibility index (Phi) is 5.66. The van der Waals surface area contributed by atoms with Crippen LogP contribution in [0.15, 0.2) is 15.9 Å². The first-order chi connectivity index (χ1) is 9.07. The van der Waals surface area contributed by atoms with Gasteiger partial charge in [0.05, 0.1) is 12.9 Å². The third-order valence-electron chi connectivity index (χ3n) is 3.12. The fraction of sp³-hybridized carbons (Fsp3) is 0.545. The van der Waals surface area contributed by atoms with Gasteiger partial charge in [0, 0.05) is 20.6 Å². The van der Waals surface area contributed by atoms with E-state index in [0.717, 1.165) is 17.4 Å². The molecule has 0 aliphatic rings. The molecule has 0 amide bonds. The van der Waals surface area contributed by atoms with Crippen LogP contribution in [0, 0.1) is 0 Å². The maximum Gasteiger partial charge on any atom is 0.332 e. The fourth-order valence-electron chi connectivity index (χ4n) is 2.07. The number of hydrogen-bond acceptors (Lipinski definition) is 5. The predicted octanol–water partition coefficient (Wildman–Crippen LogP) is -0.318. The Hall–Kier alpha value is -1.45. The standard InChI is InChI=1S/C11H17N5O3.BrH/c1-14-9-8(10(17)15(2)11(14)18)13-7-16(9)5-3-4-6-19-12;/h7H,3-6,12H2,1-2H3;1H. The predicted molar refractivity (Wildman–Crippen MR) is 79.9 cm³/mol. The summed E-state index contributed by atoms with van der Waals surface area (Å²) >= 11 is 0. The van der Waals surface area contributed by atoms with Gasteiger partial charge in [-0.05, 0) is 12.8 Å². The minimum absolute atomic E-state index is 0. The number of aryl methyl sites for hydroxylation is 2. The van der Waals surface area contributed by atoms with Crippen LogP contribution < -0.4 is 17.1 Å². The van der Waals surface area contributed by atoms with Gasteiger partial charge in [0.25, 0.3) is 5.56 Å². The molecule has 9 heteroatoms. The molecule has 0 aromatic carbocycles. The van der Waals surface area contributed by atoms with Crippen LogP contribution in [0.25, 0.3) is 11.2 Å². The fourth-order valence-corrected chi connectivity index (χ4v) is 2.07. The molecule has 2 N–H and O–H groups in total. The van der Waals surface area contributed by atoms with Crippen LogP contribution in [-0.2, 0) is 25.5 Å². The Morgan fingerprint density at radius 1 is 1.25 bits per heavy atom. The first-order valence-electron chi connectivity index (χ1n) is 6.00. The lowest BCUT2D eigenvalue weighted by molar-refractivity contribution is 0.133. The zero-order valence-electron chi connectivity index (χ0n) is 11.4. The van der Waals surface area contributed by atoms with E-state index in [1.54, 1.807) is 17.9 Å². The average Bonchev–Trinajstić information content (AvgIpc) is 2.83. The van der Waals surface area contributed by atoms with E-state index < -0.39 is 0 Å². The normalized spacial score (nSPS) is 10.8. The van der Waals surface area contributed by atoms with E-state index in [-0.39, 0.29) is 28.2 Å². The third kappa shape index (κ3) is 2.84. The van der Waals surface area contributed by atoms with Gasteiger partial charge >= 0.3 is 5.69 Å². The van der Waals surface area contributed by atoms with Gasteiger partial charge in [0.2, 0.25) is 0 Å². The third-order valence-corrected chi connectivity index (χ3v) is 3.12. The van der Waals surface area contributed by atoms with E-state index in [1.165, 1.54) is 11.6 Å². The lowest BCUT2D eigenvalue weighted by Gasteiger charge is -2.08. The van der Waals surface area contributed by atoms with E-state index in [1.807, 2.05) is 0 Å². The molecule has 0 spiro atoms. The Bertz CT molecular complexity index is 702. The van der Waals surface area contributed by atoms with Crippen molar-refractivity contribution in [2.75, 3.05) is 6.61 Å². The maximum atomic E-state index is 11.9. The van der Waals surface area contributed by atoms with Crippen LogP contribution in [0.3, 0.4) is 0 Å². The summed E-state index contributed by atoms with van der Waals surface area (Å²) in [6, 6.07) is 0. The van der Waals surface area contributed by atoms with E-state index in [9.17, 15) is 9.59 Å². The highest BCUT2D eigenvalue weighted by molar-refractivity contribution is 8.93. The molecule has 2 aromatic rings. The highest BCUT2D eigenvalue weighted by atomic mass is 79.9. The second-order valence-electron chi connectivity index (χ2n) is 4.39. The molecule has 0 aliphatic heterocycles. The quantitative estimate of drug-likeness (QED) is 0.590. The second-order valence-corrected chi connectivity index (χ2v) is 4.39. The smallest absolute Gasteiger partial charge is 0.316 e. The minimum atomic E-state index is -0.373. The molecule has 2 heterocycles. The van der Waals surface area contributed by atoms with Gasteiger partial charge in [0.15, 0.2) is 5.52 Å². The Balaban J connectivity index is 0.00000200. The molecule has 112 valence electrons. The number of nitrogens with zero attached hydrogens (tertiary/aromatic N) is 4. The number of hydrogen-bond donors (Lipinski definition) is 1. The van der Waals surface area contributed by atoms with Crippen molar-refractivity contribution in [2.45, 2.75) is 19.4 Å². The Morgan fingerprint density at radius 2 is 1.95 bits per heavy atom. The van der Waals surface area contributed by atoms with Crippen LogP contribution in [0.1, 0.15) is 12.8 Å². The van der Waals surface area contributed by atoms with Crippen LogP contribution in [-0.4, -0.2) is 25.3 Å². The maximum absolute atomic E-state index is 11.9. The number of halogens is 1. The van der Waals surface area contributed by atoms with E-state index in [4.69, 9.17) is 5.90 Å². The van der Waals surface area contributed by atoms with Crippen molar-refractivity contribution < 1.29 is 4.84 Å². The summed E-state index contributed by atoms with van der Waals surface area (Å²) in [5.74, 6) is 4.95. The van der Waals surface area contributed by atoms with E-state index in [2.05, 4.69) is 9.82 Å². The minimum Gasteiger partial charge on any atom is -0.316 e. The van der Waals surface area contributed by atoms with Crippen molar-refractivity contribution in [3.63, 3.8) is 0 Å². The van der Waals surface area contributed by atoms with Crippen molar-refractivity contribution in [1.29, 1.82) is 0 Å². The number of aromatic nitrogens is 4. The first kappa shape index (κ1) is 16.6. The molecule has 0 bridgehead atoms. The lowest BCUT2D eigenvalue weighted by Crippen LogP contribution is -2.37. The largest absolute Gasteiger partial charge is 0.332 e. The van der Waals surface area contributed by atoms with Gasteiger partial charge in [-0.15, -0.1) is 17.0 Å². The Labute approximate surface area is 125 Å². The van der Waals surface area contributed by atoms with Crippen LogP contribution >= 0.6 is 17.0 Å². The monoisotopic (exact) mass is 347 g/mol. The van der Waals surface area contributed by atoms with Gasteiger partial charge in [-0.25, -0.2) is 15.7 Å². The van der Waals surface area contributed by atoms with Crippen molar-refractivity contribution in [1.82, 2.24) is 18.7 Å². The number of imidazole rings is 1. The number of unbranched alkanes of at least 4 members (excludes halogenated alkanes) is 1. The molecule has 8 nitrogen and oxygen atoms in total. The molecular formula is C11H18BrN5O3. The summed E-state index contributed by atoms with van der Waals surface area (Å²) in [5.41, 5.74) is 0.119. The number of nitrogens with two attached hydrogens (primary N) is 1. The Morgan fingerprint density at radius 3 is 2.60 bits per heavy atom. The molecule has 20 heavy (non-hydrogen) atoms. The van der Waals surface area contributed by atoms with Gasteiger partial charge in [0.1, 0.15) is 5.65 Å². The SMILES string of the molecule is Br.Cn1c(=O)c2ncn(CCCCON)c2n(C)c1=O. The van der Waals surface area contributed by atoms with Crippen molar-refractivity contribution >= 4 is 28.1 Å². The van der Waals surface area contributed by atoms with Crippen molar-refractivity contribution in [2.24, 2.45) is 20.0 Å². The van der Waals surface area contributed by atoms with Crippen molar-refractivity contribution in [3.8, 4) is 0 Å². The molecule has 0 atom stereocenters. The summed E-state index contributed by atoms with van der Waals surface area (Å²) in [6.45, 7) is 1.13. The topological polar surface area (TPSA) is 97.1 Å². The molecule has 0 aliphatic carbocycles. The highest BCUT2D eigenvalue weighted by Gasteiger charge is 2.13. The van der Waals surface area contributed by atoms with E-state index in [0.29, 0.717) is 24.3 Å². The van der Waals surface area contributed by atoms with Crippen LogP contribution in [0.2, 0.25) is 0 Å². The second kappa shape index (κ2) is 6.82. The molecule has 0 fully saturated rings. The molecule has 0 saturated heterocycles. The molecule has 0 unspecified atom stereocenters. The van der Waals surface area contributed by atoms with E-state index >= 15 is 0 Å².